The first-order valence-corrected chi connectivity index (χ1v) is 6.99. The lowest BCUT2D eigenvalue weighted by molar-refractivity contribution is 0.203. The second-order valence-corrected chi connectivity index (χ2v) is 5.12. The quantitative estimate of drug-likeness (QED) is 0.919. The second-order valence-electron chi connectivity index (χ2n) is 4.27. The number of hydrogen-bond acceptors (Lipinski definition) is 3. The molecule has 0 aliphatic carbocycles. The number of imidazole rings is 1. The molecule has 5 heteroatoms. The largest absolute Gasteiger partial charge is 0.497 e. The molecule has 2 rings (SSSR count). The standard InChI is InChI=1S/C14H17BrN2O2/c1-3-7-17-8-6-16-14(17)13(18)11-9-10(19-2)4-5-12(11)15/h4-6,8-9,13,18H,3,7H2,1-2H3. The summed E-state index contributed by atoms with van der Waals surface area (Å²) in [5.41, 5.74) is 0.753. The fourth-order valence-corrected chi connectivity index (χ4v) is 2.46. The van der Waals surface area contributed by atoms with Crippen molar-refractivity contribution in [3.05, 3.63) is 46.5 Å². The Labute approximate surface area is 121 Å². The highest BCUT2D eigenvalue weighted by atomic mass is 79.9. The van der Waals surface area contributed by atoms with E-state index in [2.05, 4.69) is 27.8 Å². The molecule has 1 N–H and O–H groups in total. The van der Waals surface area contributed by atoms with Crippen molar-refractivity contribution in [1.29, 1.82) is 0 Å². The Bertz CT molecular complexity index is 554. The molecule has 0 aliphatic rings. The molecule has 0 bridgehead atoms. The molecule has 0 fully saturated rings. The molecule has 4 nitrogen and oxygen atoms in total. The summed E-state index contributed by atoms with van der Waals surface area (Å²) in [6, 6.07) is 5.53. The summed E-state index contributed by atoms with van der Waals surface area (Å²) in [5.74, 6) is 1.36. The second kappa shape index (κ2) is 6.21. The molecule has 1 heterocycles. The highest BCUT2D eigenvalue weighted by Crippen LogP contribution is 2.31. The Hall–Kier alpha value is -1.33. The van der Waals surface area contributed by atoms with Gasteiger partial charge in [0.1, 0.15) is 17.7 Å². The molecule has 0 spiro atoms. The van der Waals surface area contributed by atoms with Crippen LogP contribution in [0.1, 0.15) is 30.8 Å². The lowest BCUT2D eigenvalue weighted by Crippen LogP contribution is -2.10. The van der Waals surface area contributed by atoms with Crippen molar-refractivity contribution in [3.8, 4) is 5.75 Å². The molecule has 0 radical (unpaired) electrons. The number of rotatable bonds is 5. The van der Waals surface area contributed by atoms with Gasteiger partial charge in [0, 0.05) is 29.0 Å². The van der Waals surface area contributed by atoms with E-state index in [0.29, 0.717) is 11.6 Å². The van der Waals surface area contributed by atoms with Gasteiger partial charge in [0.05, 0.1) is 7.11 Å². The maximum absolute atomic E-state index is 10.5. The maximum Gasteiger partial charge on any atom is 0.142 e. The van der Waals surface area contributed by atoms with Gasteiger partial charge in [-0.15, -0.1) is 0 Å². The molecule has 1 atom stereocenters. The molecule has 2 aromatic rings. The molecular formula is C14H17BrN2O2. The number of halogens is 1. The third kappa shape index (κ3) is 2.98. The topological polar surface area (TPSA) is 47.3 Å². The summed E-state index contributed by atoms with van der Waals surface area (Å²) >= 11 is 3.46. The predicted octanol–water partition coefficient (Wildman–Crippen LogP) is 3.15. The van der Waals surface area contributed by atoms with Crippen molar-refractivity contribution in [1.82, 2.24) is 9.55 Å². The minimum atomic E-state index is -0.772. The summed E-state index contributed by atoms with van der Waals surface area (Å²) in [7, 11) is 1.61. The van der Waals surface area contributed by atoms with Gasteiger partial charge >= 0.3 is 0 Å². The number of hydrogen-bond donors (Lipinski definition) is 1. The predicted molar refractivity (Wildman–Crippen MR) is 77.3 cm³/mol. The molecular weight excluding hydrogens is 308 g/mol. The SMILES string of the molecule is CCCn1ccnc1C(O)c1cc(OC)ccc1Br. The van der Waals surface area contributed by atoms with E-state index in [1.807, 2.05) is 29.0 Å². The van der Waals surface area contributed by atoms with Crippen LogP contribution in [0.5, 0.6) is 5.75 Å². The van der Waals surface area contributed by atoms with Gasteiger partial charge in [-0.25, -0.2) is 4.98 Å². The number of ether oxygens (including phenoxy) is 1. The summed E-state index contributed by atoms with van der Waals surface area (Å²) in [6.07, 6.45) is 3.82. The van der Waals surface area contributed by atoms with E-state index in [9.17, 15) is 5.11 Å². The zero-order chi connectivity index (χ0) is 13.8. The molecule has 1 unspecified atom stereocenters. The Morgan fingerprint density at radius 1 is 1.47 bits per heavy atom. The lowest BCUT2D eigenvalue weighted by atomic mass is 10.1. The van der Waals surface area contributed by atoms with Crippen LogP contribution in [-0.2, 0) is 6.54 Å². The van der Waals surface area contributed by atoms with E-state index in [1.165, 1.54) is 0 Å². The van der Waals surface area contributed by atoms with Crippen LogP contribution >= 0.6 is 15.9 Å². The van der Waals surface area contributed by atoms with Gasteiger partial charge in [-0.3, -0.25) is 0 Å². The first kappa shape index (κ1) is 14.1. The van der Waals surface area contributed by atoms with E-state index < -0.39 is 6.10 Å². The molecule has 1 aromatic carbocycles. The molecule has 0 saturated carbocycles. The Morgan fingerprint density at radius 3 is 2.95 bits per heavy atom. The number of aliphatic hydroxyl groups excluding tert-OH is 1. The van der Waals surface area contributed by atoms with E-state index in [0.717, 1.165) is 23.0 Å². The lowest BCUT2D eigenvalue weighted by Gasteiger charge is -2.15. The summed E-state index contributed by atoms with van der Waals surface area (Å²) in [4.78, 5) is 4.26. The highest BCUT2D eigenvalue weighted by molar-refractivity contribution is 9.10. The number of aromatic nitrogens is 2. The fraction of sp³-hybridized carbons (Fsp3) is 0.357. The maximum atomic E-state index is 10.5. The van der Waals surface area contributed by atoms with Crippen molar-refractivity contribution in [2.24, 2.45) is 0 Å². The fourth-order valence-electron chi connectivity index (χ4n) is 2.00. The first-order chi connectivity index (χ1) is 9.17. The van der Waals surface area contributed by atoms with Crippen LogP contribution in [0.15, 0.2) is 35.1 Å². The van der Waals surface area contributed by atoms with Gasteiger partial charge in [-0.2, -0.15) is 0 Å². The van der Waals surface area contributed by atoms with Gasteiger partial charge in [-0.1, -0.05) is 22.9 Å². The first-order valence-electron chi connectivity index (χ1n) is 6.20. The van der Waals surface area contributed by atoms with E-state index in [-0.39, 0.29) is 0 Å². The number of nitrogens with zero attached hydrogens (tertiary/aromatic N) is 2. The summed E-state index contributed by atoms with van der Waals surface area (Å²) in [6.45, 7) is 2.94. The normalized spacial score (nSPS) is 12.4. The molecule has 1 aromatic heterocycles. The summed E-state index contributed by atoms with van der Waals surface area (Å²) < 4.78 is 8.00. The van der Waals surface area contributed by atoms with Gasteiger partial charge < -0.3 is 14.4 Å². The Balaban J connectivity index is 2.37. The zero-order valence-electron chi connectivity index (χ0n) is 11.0. The minimum Gasteiger partial charge on any atom is -0.497 e. The third-order valence-electron chi connectivity index (χ3n) is 2.95. The molecule has 0 amide bonds. The Kier molecular flexibility index (Phi) is 4.61. The van der Waals surface area contributed by atoms with Crippen LogP contribution < -0.4 is 4.74 Å². The molecule has 0 saturated heterocycles. The van der Waals surface area contributed by atoms with Crippen molar-refractivity contribution in [3.63, 3.8) is 0 Å². The average molecular weight is 325 g/mol. The number of methoxy groups -OCH3 is 1. The van der Waals surface area contributed by atoms with E-state index in [1.54, 1.807) is 13.3 Å². The minimum absolute atomic E-state index is 0.649. The Morgan fingerprint density at radius 2 is 2.26 bits per heavy atom. The van der Waals surface area contributed by atoms with Crippen molar-refractivity contribution >= 4 is 15.9 Å². The number of aliphatic hydroxyl groups is 1. The zero-order valence-corrected chi connectivity index (χ0v) is 12.6. The van der Waals surface area contributed by atoms with Crippen molar-refractivity contribution < 1.29 is 9.84 Å². The van der Waals surface area contributed by atoms with Crippen LogP contribution in [-0.4, -0.2) is 21.8 Å². The monoisotopic (exact) mass is 324 g/mol. The van der Waals surface area contributed by atoms with Crippen LogP contribution in [0, 0.1) is 0 Å². The van der Waals surface area contributed by atoms with Gasteiger partial charge in [0.25, 0.3) is 0 Å². The van der Waals surface area contributed by atoms with Gasteiger partial charge in [-0.05, 0) is 24.6 Å². The van der Waals surface area contributed by atoms with Crippen LogP contribution in [0.2, 0.25) is 0 Å². The third-order valence-corrected chi connectivity index (χ3v) is 3.68. The molecule has 102 valence electrons. The highest BCUT2D eigenvalue weighted by Gasteiger charge is 2.19. The van der Waals surface area contributed by atoms with Crippen molar-refractivity contribution in [2.45, 2.75) is 26.0 Å². The molecule has 0 aliphatic heterocycles. The number of benzene rings is 1. The van der Waals surface area contributed by atoms with E-state index >= 15 is 0 Å². The van der Waals surface area contributed by atoms with Gasteiger partial charge in [0.15, 0.2) is 0 Å². The van der Waals surface area contributed by atoms with Crippen LogP contribution in [0.3, 0.4) is 0 Å². The van der Waals surface area contributed by atoms with Gasteiger partial charge in [0.2, 0.25) is 0 Å². The van der Waals surface area contributed by atoms with E-state index in [4.69, 9.17) is 4.74 Å². The van der Waals surface area contributed by atoms with Crippen molar-refractivity contribution in [2.75, 3.05) is 7.11 Å². The van der Waals surface area contributed by atoms with Crippen LogP contribution in [0.4, 0.5) is 0 Å². The summed E-state index contributed by atoms with van der Waals surface area (Å²) in [5, 5.41) is 10.5. The molecule has 19 heavy (non-hydrogen) atoms. The number of aryl methyl sites for hydroxylation is 1. The smallest absolute Gasteiger partial charge is 0.142 e. The van der Waals surface area contributed by atoms with Crippen LogP contribution in [0.25, 0.3) is 0 Å². The average Bonchev–Trinajstić information content (AvgIpc) is 2.87.